The summed E-state index contributed by atoms with van der Waals surface area (Å²) in [5, 5.41) is 18.0. The van der Waals surface area contributed by atoms with E-state index in [-0.39, 0.29) is 10.6 Å². The molecule has 0 bridgehead atoms. The van der Waals surface area contributed by atoms with Gasteiger partial charge in [0, 0.05) is 17.2 Å². The van der Waals surface area contributed by atoms with Crippen molar-refractivity contribution in [3.8, 4) is 28.4 Å². The van der Waals surface area contributed by atoms with Gasteiger partial charge in [-0.05, 0) is 48.0 Å². The number of phenols is 1. The molecule has 0 saturated heterocycles. The number of nitrogens with one attached hydrogen (secondary N) is 2. The lowest BCUT2D eigenvalue weighted by Gasteiger charge is -2.09. The zero-order valence-electron chi connectivity index (χ0n) is 15.3. The van der Waals surface area contributed by atoms with Crippen LogP contribution in [0.25, 0.3) is 44.6 Å². The summed E-state index contributed by atoms with van der Waals surface area (Å²) in [4.78, 5) is 7.95. The first-order valence-electron chi connectivity index (χ1n) is 8.87. The Bertz CT molecular complexity index is 1470. The summed E-state index contributed by atoms with van der Waals surface area (Å²) < 4.78 is 24.3. The number of aromatic nitrogens is 4. The van der Waals surface area contributed by atoms with Crippen LogP contribution in [0.2, 0.25) is 0 Å². The molecule has 144 valence electrons. The first-order chi connectivity index (χ1) is 13.9. The maximum Gasteiger partial charge on any atom is 0.176 e. The highest BCUT2D eigenvalue weighted by Gasteiger charge is 2.18. The monoisotopic (exact) mass is 404 g/mol. The number of sulfone groups is 1. The molecule has 0 aliphatic carbocycles. The van der Waals surface area contributed by atoms with Gasteiger partial charge in [0.05, 0.1) is 21.4 Å². The molecular formula is C21H16N4O3S. The molecule has 0 aliphatic heterocycles. The van der Waals surface area contributed by atoms with E-state index in [0.29, 0.717) is 22.6 Å². The maximum atomic E-state index is 12.2. The number of hydrogen-bond donors (Lipinski definition) is 3. The third-order valence-electron chi connectivity index (χ3n) is 4.85. The van der Waals surface area contributed by atoms with Crippen molar-refractivity contribution in [2.75, 3.05) is 6.26 Å². The van der Waals surface area contributed by atoms with Crippen LogP contribution in [0.5, 0.6) is 5.75 Å². The number of aromatic amines is 2. The van der Waals surface area contributed by atoms with Crippen LogP contribution < -0.4 is 0 Å². The second-order valence-electron chi connectivity index (χ2n) is 6.89. The number of fused-ring (bicyclic) bond motifs is 2. The fraction of sp³-hybridized carbons (Fsp3) is 0.0476. The van der Waals surface area contributed by atoms with Crippen molar-refractivity contribution in [3.05, 3.63) is 60.7 Å². The zero-order chi connectivity index (χ0) is 20.2. The van der Waals surface area contributed by atoms with Crippen LogP contribution in [0.4, 0.5) is 0 Å². The number of nitrogens with zero attached hydrogens (tertiary/aromatic N) is 2. The van der Waals surface area contributed by atoms with Gasteiger partial charge in [-0.1, -0.05) is 18.2 Å². The van der Waals surface area contributed by atoms with E-state index in [1.54, 1.807) is 6.07 Å². The van der Waals surface area contributed by atoms with Gasteiger partial charge in [-0.3, -0.25) is 5.10 Å². The second-order valence-corrected chi connectivity index (χ2v) is 8.87. The Morgan fingerprint density at radius 3 is 2.59 bits per heavy atom. The summed E-state index contributed by atoms with van der Waals surface area (Å²) in [6.45, 7) is 0. The average Bonchev–Trinajstić information content (AvgIpc) is 3.30. The molecule has 8 heteroatoms. The van der Waals surface area contributed by atoms with Gasteiger partial charge in [-0.2, -0.15) is 5.10 Å². The number of H-pyrrole nitrogens is 2. The van der Waals surface area contributed by atoms with Gasteiger partial charge >= 0.3 is 0 Å². The summed E-state index contributed by atoms with van der Waals surface area (Å²) in [5.41, 5.74) is 4.46. The van der Waals surface area contributed by atoms with Crippen molar-refractivity contribution in [3.63, 3.8) is 0 Å². The highest BCUT2D eigenvalue weighted by atomic mass is 32.2. The van der Waals surface area contributed by atoms with Crippen molar-refractivity contribution < 1.29 is 13.5 Å². The Morgan fingerprint density at radius 2 is 1.79 bits per heavy atom. The summed E-state index contributed by atoms with van der Waals surface area (Å²) in [6, 6.07) is 17.7. The number of imidazole rings is 1. The van der Waals surface area contributed by atoms with E-state index in [2.05, 4.69) is 20.2 Å². The predicted molar refractivity (Wildman–Crippen MR) is 111 cm³/mol. The first kappa shape index (κ1) is 17.4. The predicted octanol–water partition coefficient (Wildman–Crippen LogP) is 3.88. The average molecular weight is 404 g/mol. The molecule has 2 heterocycles. The van der Waals surface area contributed by atoms with E-state index >= 15 is 0 Å². The van der Waals surface area contributed by atoms with Gasteiger partial charge in [0.25, 0.3) is 0 Å². The van der Waals surface area contributed by atoms with Gasteiger partial charge in [-0.15, -0.1) is 0 Å². The highest BCUT2D eigenvalue weighted by Crippen LogP contribution is 2.34. The minimum absolute atomic E-state index is 0.0777. The standard InChI is InChI=1S/C21H16N4O3S/c1-29(27,28)19-11-13(26)7-9-14(19)12-6-8-15-18(10-12)24-25-20(15)21-22-16-4-2-3-5-17(16)23-21/h2-11,26H,1H3,(H,22,23)(H,24,25). The molecule has 0 amide bonds. The van der Waals surface area contributed by atoms with Gasteiger partial charge in [0.2, 0.25) is 0 Å². The second kappa shape index (κ2) is 6.18. The third kappa shape index (κ3) is 2.94. The fourth-order valence-electron chi connectivity index (χ4n) is 3.49. The molecule has 3 N–H and O–H groups in total. The third-order valence-corrected chi connectivity index (χ3v) is 5.99. The molecule has 0 radical (unpaired) electrons. The molecule has 0 fully saturated rings. The number of aromatic hydroxyl groups is 1. The number of benzene rings is 3. The van der Waals surface area contributed by atoms with Gasteiger partial charge in [-0.25, -0.2) is 13.4 Å². The van der Waals surface area contributed by atoms with Crippen molar-refractivity contribution in [2.45, 2.75) is 4.90 Å². The molecule has 5 aromatic rings. The summed E-state index contributed by atoms with van der Waals surface area (Å²) in [6.07, 6.45) is 1.12. The molecule has 0 spiro atoms. The molecule has 7 nitrogen and oxygen atoms in total. The smallest absolute Gasteiger partial charge is 0.176 e. The van der Waals surface area contributed by atoms with Crippen LogP contribution in [0.1, 0.15) is 0 Å². The molecule has 5 rings (SSSR count). The highest BCUT2D eigenvalue weighted by molar-refractivity contribution is 7.90. The SMILES string of the molecule is CS(=O)(=O)c1cc(O)ccc1-c1ccc2c(-c3nc4ccccc4[nH]3)n[nH]c2c1. The van der Waals surface area contributed by atoms with E-state index < -0.39 is 9.84 Å². The fourth-order valence-corrected chi connectivity index (χ4v) is 4.41. The number of para-hydroxylation sites is 2. The first-order valence-corrected chi connectivity index (χ1v) is 10.8. The van der Waals surface area contributed by atoms with E-state index in [1.807, 2.05) is 42.5 Å². The van der Waals surface area contributed by atoms with Crippen molar-refractivity contribution in [1.82, 2.24) is 20.2 Å². The Hall–Kier alpha value is -3.65. The van der Waals surface area contributed by atoms with Gasteiger partial charge in [0.15, 0.2) is 15.7 Å². The van der Waals surface area contributed by atoms with E-state index in [4.69, 9.17) is 0 Å². The molecule has 0 saturated carbocycles. The van der Waals surface area contributed by atoms with Crippen LogP contribution in [-0.4, -0.2) is 39.9 Å². The lowest BCUT2D eigenvalue weighted by molar-refractivity contribution is 0.473. The van der Waals surface area contributed by atoms with Crippen LogP contribution in [-0.2, 0) is 9.84 Å². The molecule has 3 aromatic carbocycles. The minimum Gasteiger partial charge on any atom is -0.508 e. The Morgan fingerprint density at radius 1 is 0.966 bits per heavy atom. The van der Waals surface area contributed by atoms with Crippen molar-refractivity contribution in [1.29, 1.82) is 0 Å². The summed E-state index contributed by atoms with van der Waals surface area (Å²) in [5.74, 6) is 0.565. The molecule has 29 heavy (non-hydrogen) atoms. The summed E-state index contributed by atoms with van der Waals surface area (Å²) >= 11 is 0. The zero-order valence-corrected chi connectivity index (χ0v) is 16.2. The van der Waals surface area contributed by atoms with E-state index in [0.717, 1.165) is 28.2 Å². The number of phenolic OH excluding ortho intramolecular Hbond substituents is 1. The van der Waals surface area contributed by atoms with Crippen molar-refractivity contribution in [2.24, 2.45) is 0 Å². The lowest BCUT2D eigenvalue weighted by atomic mass is 10.0. The molecule has 2 aromatic heterocycles. The Balaban J connectivity index is 1.65. The molecular weight excluding hydrogens is 388 g/mol. The maximum absolute atomic E-state index is 12.2. The number of hydrogen-bond acceptors (Lipinski definition) is 5. The normalized spacial score (nSPS) is 12.0. The van der Waals surface area contributed by atoms with Gasteiger partial charge in [0.1, 0.15) is 11.4 Å². The minimum atomic E-state index is -3.51. The molecule has 0 atom stereocenters. The Labute approximate surface area is 166 Å². The van der Waals surface area contributed by atoms with Crippen LogP contribution in [0, 0.1) is 0 Å². The lowest BCUT2D eigenvalue weighted by Crippen LogP contribution is -1.99. The quantitative estimate of drug-likeness (QED) is 0.422. The van der Waals surface area contributed by atoms with E-state index in [1.165, 1.54) is 12.1 Å². The molecule has 0 unspecified atom stereocenters. The van der Waals surface area contributed by atoms with Crippen LogP contribution in [0.15, 0.2) is 65.6 Å². The van der Waals surface area contributed by atoms with Crippen LogP contribution in [0.3, 0.4) is 0 Å². The van der Waals surface area contributed by atoms with E-state index in [9.17, 15) is 13.5 Å². The largest absolute Gasteiger partial charge is 0.508 e. The molecule has 0 aliphatic rings. The number of rotatable bonds is 3. The Kier molecular flexibility index (Phi) is 3.72. The topological polar surface area (TPSA) is 112 Å². The summed E-state index contributed by atoms with van der Waals surface area (Å²) in [7, 11) is -3.51. The van der Waals surface area contributed by atoms with Crippen molar-refractivity contribution >= 4 is 31.8 Å². The van der Waals surface area contributed by atoms with Gasteiger partial charge < -0.3 is 10.1 Å². The van der Waals surface area contributed by atoms with Crippen LogP contribution >= 0.6 is 0 Å².